The molecular formula is C42H81O11P. The van der Waals surface area contributed by atoms with E-state index in [1.807, 2.05) is 0 Å². The number of rotatable bonds is 41. The molecule has 320 valence electrons. The molecule has 3 N–H and O–H groups in total. The van der Waals surface area contributed by atoms with E-state index in [1.54, 1.807) is 0 Å². The number of hydrogen-bond donors (Lipinski definition) is 3. The highest BCUT2D eigenvalue weighted by atomic mass is 31.2. The molecule has 1 aliphatic rings. The molecule has 1 heterocycles. The molecule has 12 heteroatoms. The summed E-state index contributed by atoms with van der Waals surface area (Å²) >= 11 is 0. The average molecular weight is 793 g/mol. The molecule has 0 aromatic heterocycles. The molecule has 0 saturated carbocycles. The highest BCUT2D eigenvalue weighted by molar-refractivity contribution is 7.47. The molecule has 1 rings (SSSR count). The van der Waals surface area contributed by atoms with Crippen molar-refractivity contribution in [3.8, 4) is 0 Å². The van der Waals surface area contributed by atoms with Crippen molar-refractivity contribution in [2.24, 2.45) is 0 Å². The van der Waals surface area contributed by atoms with Crippen molar-refractivity contribution in [1.29, 1.82) is 0 Å². The molecule has 11 nitrogen and oxygen atoms in total. The minimum Gasteiger partial charge on any atom is -0.462 e. The smallest absolute Gasteiger partial charge is 0.462 e. The lowest BCUT2D eigenvalue weighted by Crippen LogP contribution is -2.29. The maximum Gasteiger partial charge on any atom is 0.472 e. The number of unbranched alkanes of at least 4 members (excludes halogenated alkanes) is 23. The quantitative estimate of drug-likeness (QED) is 0.0234. The van der Waals surface area contributed by atoms with Gasteiger partial charge < -0.3 is 29.3 Å². The number of carbonyl (C=O) groups is 2. The molecule has 5 atom stereocenters. The fraction of sp³-hybridized carbons (Fsp3) is 0.952. The van der Waals surface area contributed by atoms with Crippen LogP contribution in [0.5, 0.6) is 0 Å². The molecule has 1 aliphatic heterocycles. The van der Waals surface area contributed by atoms with Gasteiger partial charge in [-0.25, -0.2) is 4.57 Å². The fourth-order valence-corrected chi connectivity index (χ4v) is 7.45. The minimum absolute atomic E-state index is 0.179. The van der Waals surface area contributed by atoms with E-state index in [4.69, 9.17) is 28.4 Å². The van der Waals surface area contributed by atoms with Crippen molar-refractivity contribution < 1.29 is 52.5 Å². The molecule has 0 bridgehead atoms. The van der Waals surface area contributed by atoms with Crippen LogP contribution in [-0.2, 0) is 37.4 Å². The summed E-state index contributed by atoms with van der Waals surface area (Å²) in [5.41, 5.74) is 0. The molecule has 0 radical (unpaired) electrons. The van der Waals surface area contributed by atoms with Gasteiger partial charge in [0.25, 0.3) is 0 Å². The van der Waals surface area contributed by atoms with E-state index >= 15 is 0 Å². The van der Waals surface area contributed by atoms with Crippen LogP contribution in [0.1, 0.15) is 206 Å². The Labute approximate surface area is 329 Å². The summed E-state index contributed by atoms with van der Waals surface area (Å²) in [6.45, 7) is 2.38. The number of epoxide rings is 1. The first-order chi connectivity index (χ1) is 26.2. The van der Waals surface area contributed by atoms with Gasteiger partial charge >= 0.3 is 19.8 Å². The van der Waals surface area contributed by atoms with Crippen LogP contribution in [-0.4, -0.2) is 77.9 Å². The summed E-state index contributed by atoms with van der Waals surface area (Å²) in [6, 6.07) is 0. The summed E-state index contributed by atoms with van der Waals surface area (Å²) in [5, 5.41) is 18.3. The van der Waals surface area contributed by atoms with Gasteiger partial charge in [0, 0.05) is 12.8 Å². The maximum atomic E-state index is 12.6. The fourth-order valence-electron chi connectivity index (χ4n) is 6.67. The molecule has 0 spiro atoms. The predicted molar refractivity (Wildman–Crippen MR) is 214 cm³/mol. The number of phosphoric acid groups is 1. The minimum atomic E-state index is -4.62. The first kappa shape index (κ1) is 50.9. The Morgan fingerprint density at radius 2 is 0.963 bits per heavy atom. The van der Waals surface area contributed by atoms with Gasteiger partial charge in [-0.3, -0.25) is 18.6 Å². The van der Waals surface area contributed by atoms with E-state index in [9.17, 15) is 24.2 Å². The lowest BCUT2D eigenvalue weighted by atomic mass is 10.0. The Hall–Kier alpha value is -1.07. The largest absolute Gasteiger partial charge is 0.472 e. The third-order valence-corrected chi connectivity index (χ3v) is 11.1. The van der Waals surface area contributed by atoms with E-state index in [1.165, 1.54) is 122 Å². The third-order valence-electron chi connectivity index (χ3n) is 10.2. The monoisotopic (exact) mass is 793 g/mol. The zero-order valence-corrected chi connectivity index (χ0v) is 35.3. The second-order valence-electron chi connectivity index (χ2n) is 15.5. The van der Waals surface area contributed by atoms with E-state index in [0.717, 1.165) is 44.9 Å². The molecule has 0 aromatic carbocycles. The number of hydrogen-bond acceptors (Lipinski definition) is 10. The van der Waals surface area contributed by atoms with E-state index < -0.39 is 51.8 Å². The Kier molecular flexibility index (Phi) is 33.1. The second kappa shape index (κ2) is 35.1. The van der Waals surface area contributed by atoms with Gasteiger partial charge in [-0.05, 0) is 25.7 Å². The Balaban J connectivity index is 2.22. The van der Waals surface area contributed by atoms with Crippen molar-refractivity contribution >= 4 is 19.8 Å². The Morgan fingerprint density at radius 3 is 1.43 bits per heavy atom. The Bertz CT molecular complexity index is 936. The molecule has 0 aliphatic carbocycles. The normalized spacial score (nSPS) is 17.6. The lowest BCUT2D eigenvalue weighted by Gasteiger charge is -2.20. The van der Waals surface area contributed by atoms with E-state index in [2.05, 4.69) is 13.8 Å². The topological polar surface area (TPSA) is 161 Å². The summed E-state index contributed by atoms with van der Waals surface area (Å²) < 4.78 is 38.6. The Morgan fingerprint density at radius 1 is 0.574 bits per heavy atom. The maximum absolute atomic E-state index is 12.6. The lowest BCUT2D eigenvalue weighted by molar-refractivity contribution is -0.161. The van der Waals surface area contributed by atoms with Crippen molar-refractivity contribution in [1.82, 2.24) is 0 Å². The summed E-state index contributed by atoms with van der Waals surface area (Å²) in [6.07, 6.45) is 32.2. The average Bonchev–Trinajstić information content (AvgIpc) is 3.92. The van der Waals surface area contributed by atoms with Crippen LogP contribution in [0.25, 0.3) is 0 Å². The van der Waals surface area contributed by atoms with Crippen LogP contribution in [0.2, 0.25) is 0 Å². The molecular weight excluding hydrogens is 711 g/mol. The molecule has 5 unspecified atom stereocenters. The van der Waals surface area contributed by atoms with Gasteiger partial charge in [-0.1, -0.05) is 168 Å². The van der Waals surface area contributed by atoms with Crippen molar-refractivity contribution in [2.75, 3.05) is 26.4 Å². The molecule has 0 amide bonds. The zero-order chi connectivity index (χ0) is 39.5. The summed E-state index contributed by atoms with van der Waals surface area (Å²) in [7, 11) is -4.62. The van der Waals surface area contributed by atoms with Gasteiger partial charge in [-0.2, -0.15) is 0 Å². The van der Waals surface area contributed by atoms with Crippen LogP contribution in [0.15, 0.2) is 0 Å². The highest BCUT2D eigenvalue weighted by Crippen LogP contribution is 2.43. The number of carbonyl (C=O) groups excluding carboxylic acids is 2. The van der Waals surface area contributed by atoms with E-state index in [0.29, 0.717) is 25.0 Å². The van der Waals surface area contributed by atoms with Crippen LogP contribution >= 0.6 is 7.82 Å². The number of aliphatic hydroxyl groups is 2. The van der Waals surface area contributed by atoms with Crippen molar-refractivity contribution in [3.63, 3.8) is 0 Å². The van der Waals surface area contributed by atoms with Crippen molar-refractivity contribution in [3.05, 3.63) is 0 Å². The van der Waals surface area contributed by atoms with Crippen LogP contribution in [0, 0.1) is 0 Å². The highest BCUT2D eigenvalue weighted by Gasteiger charge is 2.36. The predicted octanol–water partition coefficient (Wildman–Crippen LogP) is 10.4. The molecule has 1 saturated heterocycles. The SMILES string of the molecule is CCCCCCCCCCCCCCCCCC(=O)OCC(COP(=O)(O)OCC(O)CO)OC(=O)CCCCCCCCCC1OC1CCCCCC. The van der Waals surface area contributed by atoms with Crippen LogP contribution < -0.4 is 0 Å². The van der Waals surface area contributed by atoms with Gasteiger partial charge in [0.05, 0.1) is 32.0 Å². The van der Waals surface area contributed by atoms with Gasteiger partial charge in [0.1, 0.15) is 12.7 Å². The molecule has 0 aromatic rings. The first-order valence-electron chi connectivity index (χ1n) is 22.1. The van der Waals surface area contributed by atoms with Gasteiger partial charge in [-0.15, -0.1) is 0 Å². The van der Waals surface area contributed by atoms with Gasteiger partial charge in [0.15, 0.2) is 6.10 Å². The number of aliphatic hydroxyl groups excluding tert-OH is 2. The summed E-state index contributed by atoms with van der Waals surface area (Å²) in [4.78, 5) is 35.0. The third kappa shape index (κ3) is 32.1. The number of ether oxygens (including phenoxy) is 3. The standard InChI is InChI=1S/C42H81O11P/c1-3-5-7-9-10-11-12-13-14-15-16-17-20-23-27-31-41(45)49-35-38(36-51-54(47,48)50-34-37(44)33-43)52-42(46)32-28-24-21-18-19-22-26-30-40-39(53-40)29-25-8-6-4-2/h37-40,43-44H,3-36H2,1-2H3,(H,47,48). The first-order valence-corrected chi connectivity index (χ1v) is 23.6. The summed E-state index contributed by atoms with van der Waals surface area (Å²) in [5.74, 6) is -0.924. The molecule has 54 heavy (non-hydrogen) atoms. The second-order valence-corrected chi connectivity index (χ2v) is 16.9. The van der Waals surface area contributed by atoms with E-state index in [-0.39, 0.29) is 19.4 Å². The molecule has 1 fully saturated rings. The number of esters is 2. The zero-order valence-electron chi connectivity index (χ0n) is 34.4. The van der Waals surface area contributed by atoms with Crippen LogP contribution in [0.4, 0.5) is 0 Å². The number of phosphoric ester groups is 1. The van der Waals surface area contributed by atoms with Gasteiger partial charge in [0.2, 0.25) is 0 Å². The van der Waals surface area contributed by atoms with Crippen molar-refractivity contribution in [2.45, 2.75) is 231 Å². The van der Waals surface area contributed by atoms with Crippen LogP contribution in [0.3, 0.4) is 0 Å².